The van der Waals surface area contributed by atoms with Crippen molar-refractivity contribution in [1.82, 2.24) is 4.98 Å². The molecule has 0 bridgehead atoms. The Hall–Kier alpha value is -4.65. The number of esters is 1. The summed E-state index contributed by atoms with van der Waals surface area (Å²) in [7, 11) is 0. The predicted molar refractivity (Wildman–Crippen MR) is 160 cm³/mol. The number of amides is 1. The molecule has 0 radical (unpaired) electrons. The average molecular weight is 553 g/mol. The molecule has 0 spiro atoms. The van der Waals surface area contributed by atoms with Gasteiger partial charge in [0.2, 0.25) is 0 Å². The molecule has 0 unspecified atom stereocenters. The lowest BCUT2D eigenvalue weighted by Crippen LogP contribution is -2.55. The molecule has 41 heavy (non-hydrogen) atoms. The molecule has 0 aliphatic heterocycles. The second-order valence-corrected chi connectivity index (χ2v) is 10.7. The molecule has 4 rings (SSSR count). The number of ether oxygens (including phenoxy) is 3. The summed E-state index contributed by atoms with van der Waals surface area (Å²) in [5.41, 5.74) is 1.22. The highest BCUT2D eigenvalue weighted by Gasteiger charge is 2.48. The van der Waals surface area contributed by atoms with Gasteiger partial charge in [-0.15, -0.1) is 0 Å². The van der Waals surface area contributed by atoms with E-state index < -0.39 is 23.2 Å². The van der Waals surface area contributed by atoms with Crippen LogP contribution < -0.4 is 9.64 Å². The van der Waals surface area contributed by atoms with Crippen molar-refractivity contribution in [3.8, 4) is 17.0 Å². The molecule has 1 amide bonds. The number of benzene rings is 3. The Balaban J connectivity index is 1.72. The van der Waals surface area contributed by atoms with Crippen LogP contribution in [0.15, 0.2) is 103 Å². The molecule has 212 valence electrons. The molecule has 0 saturated carbocycles. The SMILES string of the molecule is CCOC(=O)[C@@](C)(c1ccccc1)N(C(=O)OC(C)(C)C)c1ccnc(-c2ccc(OCc3ccccc3)cc2)c1. The van der Waals surface area contributed by atoms with E-state index in [0.29, 0.717) is 23.6 Å². The lowest BCUT2D eigenvalue weighted by atomic mass is 9.89. The van der Waals surface area contributed by atoms with Gasteiger partial charge in [0.05, 0.1) is 18.0 Å². The summed E-state index contributed by atoms with van der Waals surface area (Å²) in [5, 5.41) is 0. The van der Waals surface area contributed by atoms with Crippen LogP contribution in [0.25, 0.3) is 11.3 Å². The van der Waals surface area contributed by atoms with Gasteiger partial charge in [0, 0.05) is 11.8 Å². The summed E-state index contributed by atoms with van der Waals surface area (Å²) in [6.45, 7) is 9.38. The maximum atomic E-state index is 13.8. The van der Waals surface area contributed by atoms with Crippen molar-refractivity contribution < 1.29 is 23.8 Å². The molecule has 0 aliphatic carbocycles. The van der Waals surface area contributed by atoms with Crippen molar-refractivity contribution in [1.29, 1.82) is 0 Å². The number of hydrogen-bond acceptors (Lipinski definition) is 6. The van der Waals surface area contributed by atoms with Gasteiger partial charge in [-0.25, -0.2) is 9.59 Å². The Kier molecular flexibility index (Phi) is 9.07. The Morgan fingerprint density at radius 1 is 0.829 bits per heavy atom. The highest BCUT2D eigenvalue weighted by molar-refractivity contribution is 5.99. The lowest BCUT2D eigenvalue weighted by molar-refractivity contribution is -0.149. The number of nitrogens with zero attached hydrogens (tertiary/aromatic N) is 2. The van der Waals surface area contributed by atoms with Crippen LogP contribution in [0.3, 0.4) is 0 Å². The fraction of sp³-hybridized carbons (Fsp3) is 0.265. The van der Waals surface area contributed by atoms with E-state index in [4.69, 9.17) is 14.2 Å². The van der Waals surface area contributed by atoms with E-state index in [2.05, 4.69) is 4.98 Å². The van der Waals surface area contributed by atoms with Crippen LogP contribution in [0.4, 0.5) is 10.5 Å². The smallest absolute Gasteiger partial charge is 0.416 e. The molecule has 1 heterocycles. The summed E-state index contributed by atoms with van der Waals surface area (Å²) in [6, 6.07) is 30.1. The van der Waals surface area contributed by atoms with E-state index in [1.165, 1.54) is 4.90 Å². The molecule has 0 aliphatic rings. The Morgan fingerprint density at radius 3 is 2.07 bits per heavy atom. The maximum Gasteiger partial charge on any atom is 0.416 e. The highest BCUT2D eigenvalue weighted by atomic mass is 16.6. The second-order valence-electron chi connectivity index (χ2n) is 10.7. The summed E-state index contributed by atoms with van der Waals surface area (Å²) in [4.78, 5) is 33.3. The number of hydrogen-bond donors (Lipinski definition) is 0. The van der Waals surface area contributed by atoms with Crippen LogP contribution >= 0.6 is 0 Å². The number of anilines is 1. The first-order valence-electron chi connectivity index (χ1n) is 13.6. The first kappa shape index (κ1) is 29.3. The predicted octanol–water partition coefficient (Wildman–Crippen LogP) is 7.55. The maximum absolute atomic E-state index is 13.8. The van der Waals surface area contributed by atoms with Crippen LogP contribution in [0.5, 0.6) is 5.75 Å². The Labute approximate surface area is 241 Å². The summed E-state index contributed by atoms with van der Waals surface area (Å²) in [5.74, 6) is 0.151. The number of carbonyl (C=O) groups is 2. The third kappa shape index (κ3) is 7.11. The number of pyridine rings is 1. The molecular weight excluding hydrogens is 516 g/mol. The van der Waals surface area contributed by atoms with E-state index in [-0.39, 0.29) is 6.61 Å². The molecule has 3 aromatic carbocycles. The number of aromatic nitrogens is 1. The second kappa shape index (κ2) is 12.7. The molecule has 1 atom stereocenters. The monoisotopic (exact) mass is 552 g/mol. The summed E-state index contributed by atoms with van der Waals surface area (Å²) < 4.78 is 17.3. The topological polar surface area (TPSA) is 78.0 Å². The van der Waals surface area contributed by atoms with Gasteiger partial charge in [0.25, 0.3) is 0 Å². The van der Waals surface area contributed by atoms with Gasteiger partial charge < -0.3 is 14.2 Å². The van der Waals surface area contributed by atoms with Crippen LogP contribution in [-0.4, -0.2) is 29.3 Å². The largest absolute Gasteiger partial charge is 0.489 e. The number of rotatable bonds is 9. The Morgan fingerprint density at radius 2 is 1.46 bits per heavy atom. The van der Waals surface area contributed by atoms with Crippen molar-refractivity contribution in [2.45, 2.75) is 52.4 Å². The zero-order valence-electron chi connectivity index (χ0n) is 24.2. The van der Waals surface area contributed by atoms with E-state index in [9.17, 15) is 9.59 Å². The van der Waals surface area contributed by atoms with Gasteiger partial charge in [0.1, 0.15) is 18.0 Å². The summed E-state index contributed by atoms with van der Waals surface area (Å²) in [6.07, 6.45) is 0.928. The quantitative estimate of drug-likeness (QED) is 0.200. The van der Waals surface area contributed by atoms with Crippen LogP contribution in [0, 0.1) is 0 Å². The fourth-order valence-electron chi connectivity index (χ4n) is 4.41. The first-order chi connectivity index (χ1) is 19.6. The molecule has 7 heteroatoms. The van der Waals surface area contributed by atoms with Crippen molar-refractivity contribution in [3.63, 3.8) is 0 Å². The van der Waals surface area contributed by atoms with Gasteiger partial charge in [-0.1, -0.05) is 60.7 Å². The van der Waals surface area contributed by atoms with Gasteiger partial charge in [-0.05, 0) is 82.1 Å². The first-order valence-corrected chi connectivity index (χ1v) is 13.6. The minimum atomic E-state index is -1.52. The zero-order valence-corrected chi connectivity index (χ0v) is 24.2. The van der Waals surface area contributed by atoms with Crippen molar-refractivity contribution >= 4 is 17.7 Å². The van der Waals surface area contributed by atoms with Crippen molar-refractivity contribution in [3.05, 3.63) is 114 Å². The normalized spacial score (nSPS) is 12.6. The van der Waals surface area contributed by atoms with E-state index >= 15 is 0 Å². The molecule has 4 aromatic rings. The minimum Gasteiger partial charge on any atom is -0.489 e. The fourth-order valence-corrected chi connectivity index (χ4v) is 4.41. The van der Waals surface area contributed by atoms with E-state index in [1.807, 2.05) is 72.8 Å². The molecule has 7 nitrogen and oxygen atoms in total. The molecular formula is C34H36N2O5. The molecule has 0 fully saturated rings. The number of carbonyl (C=O) groups excluding carboxylic acids is 2. The third-order valence-electron chi connectivity index (χ3n) is 6.43. The standard InChI is InChI=1S/C34H36N2O5/c1-6-39-31(37)34(5,27-15-11-8-12-16-27)36(32(38)41-33(2,3)4)28-21-22-35-30(23-28)26-17-19-29(20-18-26)40-24-25-13-9-7-10-14-25/h7-23H,6,24H2,1-5H3/t34-/m1/s1. The van der Waals surface area contributed by atoms with Gasteiger partial charge in [0.15, 0.2) is 5.54 Å². The molecule has 0 N–H and O–H groups in total. The van der Waals surface area contributed by atoms with Crippen LogP contribution in [-0.2, 0) is 26.4 Å². The van der Waals surface area contributed by atoms with Crippen molar-refractivity contribution in [2.24, 2.45) is 0 Å². The average Bonchev–Trinajstić information content (AvgIpc) is 2.97. The summed E-state index contributed by atoms with van der Waals surface area (Å²) >= 11 is 0. The van der Waals surface area contributed by atoms with Gasteiger partial charge >= 0.3 is 12.1 Å². The third-order valence-corrected chi connectivity index (χ3v) is 6.43. The molecule has 0 saturated heterocycles. The van der Waals surface area contributed by atoms with E-state index in [0.717, 1.165) is 16.9 Å². The van der Waals surface area contributed by atoms with Gasteiger partial charge in [-0.2, -0.15) is 0 Å². The molecule has 1 aromatic heterocycles. The Bertz CT molecular complexity index is 1450. The van der Waals surface area contributed by atoms with Crippen LogP contribution in [0.1, 0.15) is 45.7 Å². The minimum absolute atomic E-state index is 0.156. The lowest BCUT2D eigenvalue weighted by Gasteiger charge is -2.40. The van der Waals surface area contributed by atoms with Crippen LogP contribution in [0.2, 0.25) is 0 Å². The highest BCUT2D eigenvalue weighted by Crippen LogP contribution is 2.37. The zero-order chi connectivity index (χ0) is 29.5. The van der Waals surface area contributed by atoms with Gasteiger partial charge in [-0.3, -0.25) is 9.88 Å². The van der Waals surface area contributed by atoms with E-state index in [1.54, 1.807) is 65.1 Å². The van der Waals surface area contributed by atoms with Crippen molar-refractivity contribution in [2.75, 3.05) is 11.5 Å².